The molecule has 0 atom stereocenters. The Morgan fingerprint density at radius 2 is 1.53 bits per heavy atom. The number of likely N-dealkylation sites (tertiary alicyclic amines) is 1. The van der Waals surface area contributed by atoms with E-state index in [1.807, 2.05) is 0 Å². The SMILES string of the molecule is O=C(O)C1CN(C(=O)C2CCC(C(F)(F)F)CC2)C1. The number of carbonyl (C=O) groups excluding carboxylic acids is 1. The fraction of sp³-hybridized carbons (Fsp3) is 0.833. The van der Waals surface area contributed by atoms with Crippen LogP contribution in [0.3, 0.4) is 0 Å². The van der Waals surface area contributed by atoms with Crippen LogP contribution in [-0.2, 0) is 9.59 Å². The van der Waals surface area contributed by atoms with Gasteiger partial charge in [-0.05, 0) is 25.7 Å². The monoisotopic (exact) mass is 279 g/mol. The van der Waals surface area contributed by atoms with E-state index < -0.39 is 24.0 Å². The predicted molar refractivity (Wildman–Crippen MR) is 59.2 cm³/mol. The zero-order valence-electron chi connectivity index (χ0n) is 10.3. The quantitative estimate of drug-likeness (QED) is 0.840. The number of alkyl halides is 3. The molecule has 4 nitrogen and oxygen atoms in total. The summed E-state index contributed by atoms with van der Waals surface area (Å²) in [7, 11) is 0. The molecule has 1 saturated carbocycles. The molecule has 2 fully saturated rings. The van der Waals surface area contributed by atoms with Crippen molar-refractivity contribution in [3.8, 4) is 0 Å². The first-order valence-electron chi connectivity index (χ1n) is 6.37. The van der Waals surface area contributed by atoms with E-state index in [4.69, 9.17) is 5.11 Å². The van der Waals surface area contributed by atoms with Crippen LogP contribution in [0.4, 0.5) is 13.2 Å². The summed E-state index contributed by atoms with van der Waals surface area (Å²) < 4.78 is 37.5. The molecule has 0 aromatic rings. The van der Waals surface area contributed by atoms with Gasteiger partial charge >= 0.3 is 12.1 Å². The zero-order chi connectivity index (χ0) is 14.2. The molecule has 1 amide bonds. The van der Waals surface area contributed by atoms with Gasteiger partial charge in [0.2, 0.25) is 5.91 Å². The van der Waals surface area contributed by atoms with E-state index in [1.54, 1.807) is 0 Å². The summed E-state index contributed by atoms with van der Waals surface area (Å²) in [6.45, 7) is 0.376. The van der Waals surface area contributed by atoms with Gasteiger partial charge in [0.05, 0.1) is 11.8 Å². The Bertz CT molecular complexity index is 369. The zero-order valence-corrected chi connectivity index (χ0v) is 10.3. The molecule has 1 aliphatic carbocycles. The average Bonchev–Trinajstić information content (AvgIpc) is 2.25. The summed E-state index contributed by atoms with van der Waals surface area (Å²) in [5.41, 5.74) is 0. The lowest BCUT2D eigenvalue weighted by Crippen LogP contribution is -2.55. The highest BCUT2D eigenvalue weighted by molar-refractivity contribution is 5.82. The number of carboxylic acids is 1. The van der Waals surface area contributed by atoms with Crippen molar-refractivity contribution in [1.82, 2.24) is 4.90 Å². The molecule has 0 aromatic carbocycles. The maximum Gasteiger partial charge on any atom is 0.391 e. The molecular weight excluding hydrogens is 263 g/mol. The number of amides is 1. The standard InChI is InChI=1S/C12H16F3NO3/c13-12(14,15)9-3-1-7(2-4-9)10(17)16-5-8(6-16)11(18)19/h7-9H,1-6H2,(H,18,19). The molecule has 2 rings (SSSR count). The fourth-order valence-electron chi connectivity index (χ4n) is 2.74. The van der Waals surface area contributed by atoms with E-state index in [-0.39, 0.29) is 50.6 Å². The van der Waals surface area contributed by atoms with Crippen LogP contribution < -0.4 is 0 Å². The van der Waals surface area contributed by atoms with Gasteiger partial charge in [0.25, 0.3) is 0 Å². The van der Waals surface area contributed by atoms with E-state index in [9.17, 15) is 22.8 Å². The van der Waals surface area contributed by atoms with Gasteiger partial charge in [0.15, 0.2) is 0 Å². The van der Waals surface area contributed by atoms with Crippen LogP contribution in [-0.4, -0.2) is 41.1 Å². The summed E-state index contributed by atoms with van der Waals surface area (Å²) in [5.74, 6) is -3.29. The first-order chi connectivity index (χ1) is 8.79. The molecular formula is C12H16F3NO3. The van der Waals surface area contributed by atoms with E-state index in [0.717, 1.165) is 0 Å². The molecule has 7 heteroatoms. The van der Waals surface area contributed by atoms with Crippen LogP contribution in [0, 0.1) is 17.8 Å². The number of hydrogen-bond acceptors (Lipinski definition) is 2. The normalized spacial score (nSPS) is 28.9. The largest absolute Gasteiger partial charge is 0.481 e. The van der Waals surface area contributed by atoms with E-state index in [1.165, 1.54) is 4.90 Å². The third-order valence-corrected chi connectivity index (χ3v) is 4.08. The van der Waals surface area contributed by atoms with Gasteiger partial charge < -0.3 is 10.0 Å². The molecule has 1 N–H and O–H groups in total. The van der Waals surface area contributed by atoms with Crippen molar-refractivity contribution in [2.75, 3.05) is 13.1 Å². The average molecular weight is 279 g/mol. The molecule has 0 bridgehead atoms. The molecule has 1 aliphatic heterocycles. The highest BCUT2D eigenvalue weighted by Crippen LogP contribution is 2.40. The topological polar surface area (TPSA) is 57.6 Å². The summed E-state index contributed by atoms with van der Waals surface area (Å²) in [4.78, 5) is 24.0. The first-order valence-corrected chi connectivity index (χ1v) is 6.37. The highest BCUT2D eigenvalue weighted by Gasteiger charge is 2.44. The number of carbonyl (C=O) groups is 2. The van der Waals surface area contributed by atoms with Gasteiger partial charge in [-0.1, -0.05) is 0 Å². The molecule has 2 aliphatic rings. The minimum Gasteiger partial charge on any atom is -0.481 e. The second-order valence-electron chi connectivity index (χ2n) is 5.37. The summed E-state index contributed by atoms with van der Waals surface area (Å²) in [5, 5.41) is 8.70. The molecule has 0 spiro atoms. The van der Waals surface area contributed by atoms with E-state index in [2.05, 4.69) is 0 Å². The van der Waals surface area contributed by atoms with Gasteiger partial charge in [-0.25, -0.2) is 0 Å². The van der Waals surface area contributed by atoms with Crippen molar-refractivity contribution in [1.29, 1.82) is 0 Å². The molecule has 1 saturated heterocycles. The maximum atomic E-state index is 12.5. The Kier molecular flexibility index (Phi) is 3.73. The van der Waals surface area contributed by atoms with Crippen LogP contribution in [0.5, 0.6) is 0 Å². The maximum absolute atomic E-state index is 12.5. The summed E-state index contributed by atoms with van der Waals surface area (Å²) in [6, 6.07) is 0. The van der Waals surface area contributed by atoms with Crippen LogP contribution >= 0.6 is 0 Å². The Morgan fingerprint density at radius 1 is 1.00 bits per heavy atom. The minimum absolute atomic E-state index is 0.00386. The number of aliphatic carboxylic acids is 1. The molecule has 0 aromatic heterocycles. The highest BCUT2D eigenvalue weighted by atomic mass is 19.4. The Labute approximate surface area is 108 Å². The van der Waals surface area contributed by atoms with Crippen LogP contribution in [0.25, 0.3) is 0 Å². The molecule has 1 heterocycles. The Morgan fingerprint density at radius 3 is 1.95 bits per heavy atom. The van der Waals surface area contributed by atoms with Gasteiger partial charge in [0, 0.05) is 19.0 Å². The van der Waals surface area contributed by atoms with Crippen LogP contribution in [0.1, 0.15) is 25.7 Å². The van der Waals surface area contributed by atoms with Crippen molar-refractivity contribution in [3.63, 3.8) is 0 Å². The fourth-order valence-corrected chi connectivity index (χ4v) is 2.74. The molecule has 0 unspecified atom stereocenters. The summed E-state index contributed by atoms with van der Waals surface area (Å²) >= 11 is 0. The van der Waals surface area contributed by atoms with Crippen LogP contribution in [0.2, 0.25) is 0 Å². The molecule has 108 valence electrons. The van der Waals surface area contributed by atoms with Gasteiger partial charge in [-0.3, -0.25) is 9.59 Å². The first kappa shape index (κ1) is 14.1. The smallest absolute Gasteiger partial charge is 0.391 e. The van der Waals surface area contributed by atoms with Gasteiger partial charge in [-0.2, -0.15) is 13.2 Å². The number of halogens is 3. The lowest BCUT2D eigenvalue weighted by atomic mass is 9.80. The lowest BCUT2D eigenvalue weighted by Gasteiger charge is -2.40. The van der Waals surface area contributed by atoms with Crippen molar-refractivity contribution in [3.05, 3.63) is 0 Å². The number of carboxylic acid groups (broad SMARTS) is 1. The van der Waals surface area contributed by atoms with Crippen molar-refractivity contribution < 1.29 is 27.9 Å². The van der Waals surface area contributed by atoms with Crippen molar-refractivity contribution in [2.24, 2.45) is 17.8 Å². The Hall–Kier alpha value is -1.27. The van der Waals surface area contributed by atoms with Gasteiger partial charge in [-0.15, -0.1) is 0 Å². The Balaban J connectivity index is 1.79. The van der Waals surface area contributed by atoms with Crippen LogP contribution in [0.15, 0.2) is 0 Å². The second kappa shape index (κ2) is 5.02. The molecule has 19 heavy (non-hydrogen) atoms. The van der Waals surface area contributed by atoms with Crippen molar-refractivity contribution in [2.45, 2.75) is 31.9 Å². The number of rotatable bonds is 2. The number of hydrogen-bond donors (Lipinski definition) is 1. The third kappa shape index (κ3) is 3.01. The third-order valence-electron chi connectivity index (χ3n) is 4.08. The lowest BCUT2D eigenvalue weighted by molar-refractivity contribution is -0.186. The van der Waals surface area contributed by atoms with E-state index >= 15 is 0 Å². The second-order valence-corrected chi connectivity index (χ2v) is 5.37. The van der Waals surface area contributed by atoms with Crippen molar-refractivity contribution >= 4 is 11.9 Å². The molecule has 0 radical (unpaired) electrons. The summed E-state index contributed by atoms with van der Waals surface area (Å²) in [6.07, 6.45) is -3.68. The number of nitrogens with zero attached hydrogens (tertiary/aromatic N) is 1. The van der Waals surface area contributed by atoms with Gasteiger partial charge in [0.1, 0.15) is 0 Å². The minimum atomic E-state index is -4.17. The van der Waals surface area contributed by atoms with E-state index in [0.29, 0.717) is 0 Å². The predicted octanol–water partition coefficient (Wildman–Crippen LogP) is 1.90.